The maximum atomic E-state index is 13.9. The van der Waals surface area contributed by atoms with Gasteiger partial charge >= 0.3 is 0 Å². The molecule has 0 bridgehead atoms. The Bertz CT molecular complexity index is 2060. The predicted molar refractivity (Wildman–Crippen MR) is 203 cm³/mol. The van der Waals surface area contributed by atoms with Crippen LogP contribution in [0.1, 0.15) is 32.3 Å². The fraction of sp³-hybridized carbons (Fsp3) is 0.125. The molecule has 0 saturated carbocycles. The van der Waals surface area contributed by atoms with Gasteiger partial charge in [0.05, 0.1) is 21.3 Å². The van der Waals surface area contributed by atoms with E-state index in [1.165, 1.54) is 39.2 Å². The number of carbonyl (C=O) groups is 3. The monoisotopic (exact) mass is 721 g/mol. The lowest BCUT2D eigenvalue weighted by Crippen LogP contribution is -2.30. The molecule has 5 aromatic rings. The van der Waals surface area contributed by atoms with E-state index in [9.17, 15) is 14.4 Å². The van der Waals surface area contributed by atoms with Gasteiger partial charge in [-0.15, -0.1) is 11.8 Å². The molecule has 3 N–H and O–H groups in total. The van der Waals surface area contributed by atoms with Crippen LogP contribution in [0.25, 0.3) is 6.08 Å². The van der Waals surface area contributed by atoms with Gasteiger partial charge in [-0.25, -0.2) is 0 Å². The summed E-state index contributed by atoms with van der Waals surface area (Å²) >= 11 is 7.64. The number of carbonyl (C=O) groups excluding carboxylic acids is 3. The highest BCUT2D eigenvalue weighted by Gasteiger charge is 2.24. The van der Waals surface area contributed by atoms with Crippen molar-refractivity contribution in [2.24, 2.45) is 0 Å². The van der Waals surface area contributed by atoms with Crippen LogP contribution in [0.3, 0.4) is 0 Å². The number of hydrogen-bond acceptors (Lipinski definition) is 7. The highest BCUT2D eigenvalue weighted by Crippen LogP contribution is 2.38. The van der Waals surface area contributed by atoms with Crippen molar-refractivity contribution in [1.82, 2.24) is 5.32 Å². The van der Waals surface area contributed by atoms with Gasteiger partial charge in [-0.1, -0.05) is 72.3 Å². The molecular formula is C40H36ClN3O6S. The molecule has 1 unspecified atom stereocenters. The van der Waals surface area contributed by atoms with Crippen LogP contribution in [-0.2, 0) is 9.59 Å². The number of hydrogen-bond donors (Lipinski definition) is 3. The molecule has 3 amide bonds. The van der Waals surface area contributed by atoms with E-state index in [1.807, 2.05) is 43.3 Å². The summed E-state index contributed by atoms with van der Waals surface area (Å²) in [6.45, 7) is 1.85. The van der Waals surface area contributed by atoms with Gasteiger partial charge in [0.25, 0.3) is 11.8 Å². The summed E-state index contributed by atoms with van der Waals surface area (Å²) in [7, 11) is 4.49. The van der Waals surface area contributed by atoms with Gasteiger partial charge in [0.15, 0.2) is 11.5 Å². The molecule has 11 heteroatoms. The average molecular weight is 722 g/mol. The smallest absolute Gasteiger partial charge is 0.272 e. The minimum Gasteiger partial charge on any atom is -0.496 e. The fourth-order valence-corrected chi connectivity index (χ4v) is 6.35. The van der Waals surface area contributed by atoms with Crippen LogP contribution in [0.5, 0.6) is 17.2 Å². The number of nitrogens with one attached hydrogen (secondary N) is 3. The minimum atomic E-state index is -0.631. The fourth-order valence-electron chi connectivity index (χ4n) is 5.09. The molecule has 9 nitrogen and oxygen atoms in total. The second-order valence-electron chi connectivity index (χ2n) is 11.1. The lowest BCUT2D eigenvalue weighted by Gasteiger charge is -2.19. The lowest BCUT2D eigenvalue weighted by atomic mass is 10.1. The predicted octanol–water partition coefficient (Wildman–Crippen LogP) is 8.56. The normalized spacial score (nSPS) is 11.6. The molecule has 0 aromatic heterocycles. The molecule has 0 saturated heterocycles. The summed E-state index contributed by atoms with van der Waals surface area (Å²) in [5.74, 6) is -0.0667. The van der Waals surface area contributed by atoms with Gasteiger partial charge in [-0.05, 0) is 72.7 Å². The molecule has 5 aromatic carbocycles. The van der Waals surface area contributed by atoms with Crippen molar-refractivity contribution in [1.29, 1.82) is 0 Å². The van der Waals surface area contributed by atoms with Crippen LogP contribution in [0.15, 0.2) is 126 Å². The van der Waals surface area contributed by atoms with Crippen LogP contribution in [0.4, 0.5) is 11.4 Å². The number of amides is 3. The van der Waals surface area contributed by atoms with Crippen LogP contribution >= 0.6 is 23.4 Å². The Morgan fingerprint density at radius 3 is 2.06 bits per heavy atom. The molecule has 0 radical (unpaired) electrons. The van der Waals surface area contributed by atoms with E-state index in [0.717, 1.165) is 16.0 Å². The number of ether oxygens (including phenoxy) is 3. The van der Waals surface area contributed by atoms with E-state index in [1.54, 1.807) is 78.9 Å². The van der Waals surface area contributed by atoms with Gasteiger partial charge in [0.1, 0.15) is 16.7 Å². The largest absolute Gasteiger partial charge is 0.496 e. The first-order chi connectivity index (χ1) is 24.7. The highest BCUT2D eigenvalue weighted by molar-refractivity contribution is 8.00. The second kappa shape index (κ2) is 17.3. The number of anilines is 2. The third-order valence-corrected chi connectivity index (χ3v) is 9.43. The van der Waals surface area contributed by atoms with E-state index >= 15 is 0 Å². The quantitative estimate of drug-likeness (QED) is 0.0825. The van der Waals surface area contributed by atoms with Crippen molar-refractivity contribution >= 4 is 58.5 Å². The Morgan fingerprint density at radius 1 is 0.725 bits per heavy atom. The zero-order valence-corrected chi connectivity index (χ0v) is 29.9. The summed E-state index contributed by atoms with van der Waals surface area (Å²) in [4.78, 5) is 41.6. The van der Waals surface area contributed by atoms with E-state index in [0.29, 0.717) is 44.8 Å². The molecule has 0 fully saturated rings. The molecule has 0 aliphatic carbocycles. The maximum absolute atomic E-state index is 13.9. The zero-order chi connectivity index (χ0) is 36.3. The Labute approximate surface area is 306 Å². The van der Waals surface area contributed by atoms with E-state index < -0.39 is 17.1 Å². The Balaban J connectivity index is 1.44. The Kier molecular flexibility index (Phi) is 12.4. The van der Waals surface area contributed by atoms with Gasteiger partial charge in [0, 0.05) is 38.5 Å². The van der Waals surface area contributed by atoms with Gasteiger partial charge < -0.3 is 30.2 Å². The first-order valence-corrected chi connectivity index (χ1v) is 17.0. The SMILES string of the molecule is COc1cc(OC)c(OC)cc1/C=C(/NC(=O)c1ccccc1)C(=O)Nc1cccc(SC(C(=O)Nc2cccc(Cl)c2C)c2ccccc2)c1. The van der Waals surface area contributed by atoms with Crippen LogP contribution < -0.4 is 30.2 Å². The summed E-state index contributed by atoms with van der Waals surface area (Å²) in [5, 5.41) is 8.59. The van der Waals surface area contributed by atoms with E-state index in [2.05, 4.69) is 16.0 Å². The van der Waals surface area contributed by atoms with Crippen molar-refractivity contribution in [3.8, 4) is 17.2 Å². The molecule has 5 rings (SSSR count). The Morgan fingerprint density at radius 2 is 1.37 bits per heavy atom. The molecule has 1 atom stereocenters. The second-order valence-corrected chi connectivity index (χ2v) is 12.7. The van der Waals surface area contributed by atoms with Crippen LogP contribution in [-0.4, -0.2) is 39.1 Å². The topological polar surface area (TPSA) is 115 Å². The molecule has 0 heterocycles. The summed E-state index contributed by atoms with van der Waals surface area (Å²) in [5.41, 5.74) is 3.41. The highest BCUT2D eigenvalue weighted by atomic mass is 35.5. The maximum Gasteiger partial charge on any atom is 0.272 e. The number of methoxy groups -OCH3 is 3. The van der Waals surface area contributed by atoms with Crippen molar-refractivity contribution in [3.05, 3.63) is 148 Å². The van der Waals surface area contributed by atoms with Crippen molar-refractivity contribution < 1.29 is 28.6 Å². The Hall–Kier alpha value is -5.71. The summed E-state index contributed by atoms with van der Waals surface area (Å²) in [6, 6.07) is 33.8. The number of benzene rings is 5. The van der Waals surface area contributed by atoms with Crippen molar-refractivity contribution in [2.45, 2.75) is 17.1 Å². The third kappa shape index (κ3) is 9.30. The lowest BCUT2D eigenvalue weighted by molar-refractivity contribution is -0.116. The van der Waals surface area contributed by atoms with Gasteiger partial charge in [-0.2, -0.15) is 0 Å². The minimum absolute atomic E-state index is 0.0501. The zero-order valence-electron chi connectivity index (χ0n) is 28.4. The number of thioether (sulfide) groups is 1. The van der Waals surface area contributed by atoms with Gasteiger partial charge in [-0.3, -0.25) is 14.4 Å². The van der Waals surface area contributed by atoms with E-state index in [-0.39, 0.29) is 11.6 Å². The molecule has 260 valence electrons. The first-order valence-electron chi connectivity index (χ1n) is 15.8. The molecule has 0 spiro atoms. The van der Waals surface area contributed by atoms with Gasteiger partial charge in [0.2, 0.25) is 5.91 Å². The standard InChI is InChI=1S/C40H36ClN3O6S/c1-25-31(41)19-12-20-32(25)43-40(47)37(26-13-7-5-8-14-26)51-30-18-11-17-29(23-30)42-39(46)33(44-38(45)27-15-9-6-10-16-27)21-28-22-35(49-3)36(50-4)24-34(28)48-2/h5-24,37H,1-4H3,(H,42,46)(H,43,47)(H,44,45)/b33-21+. The summed E-state index contributed by atoms with van der Waals surface area (Å²) in [6.07, 6.45) is 1.50. The summed E-state index contributed by atoms with van der Waals surface area (Å²) < 4.78 is 16.4. The molecule has 51 heavy (non-hydrogen) atoms. The number of halogens is 1. The van der Waals surface area contributed by atoms with Crippen molar-refractivity contribution in [3.63, 3.8) is 0 Å². The third-order valence-electron chi connectivity index (χ3n) is 7.78. The molecular weight excluding hydrogens is 686 g/mol. The molecule has 0 aliphatic heterocycles. The van der Waals surface area contributed by atoms with Crippen molar-refractivity contribution in [2.75, 3.05) is 32.0 Å². The van der Waals surface area contributed by atoms with Crippen LogP contribution in [0, 0.1) is 6.92 Å². The first kappa shape index (κ1) is 36.6. The van der Waals surface area contributed by atoms with Crippen LogP contribution in [0.2, 0.25) is 5.02 Å². The number of rotatable bonds is 13. The average Bonchev–Trinajstić information content (AvgIpc) is 3.15. The van der Waals surface area contributed by atoms with E-state index in [4.69, 9.17) is 25.8 Å². The molecule has 0 aliphatic rings.